The average molecular weight is 508 g/mol. The second kappa shape index (κ2) is 12.4. The van der Waals surface area contributed by atoms with Crippen LogP contribution in [0.1, 0.15) is 32.3 Å². The van der Waals surface area contributed by atoms with Gasteiger partial charge in [-0.2, -0.15) is 0 Å². The fourth-order valence-corrected chi connectivity index (χ4v) is 3.47. The lowest BCUT2D eigenvalue weighted by Crippen LogP contribution is -2.44. The van der Waals surface area contributed by atoms with Gasteiger partial charge in [0.05, 0.1) is 12.3 Å². The van der Waals surface area contributed by atoms with Crippen LogP contribution >= 0.6 is 24.0 Å². The molecule has 1 fully saturated rings. The van der Waals surface area contributed by atoms with Crippen molar-refractivity contribution in [1.29, 1.82) is 0 Å². The zero-order valence-corrected chi connectivity index (χ0v) is 19.5. The first-order valence-corrected chi connectivity index (χ1v) is 9.74. The number of rotatable bonds is 9. The summed E-state index contributed by atoms with van der Waals surface area (Å²) in [5, 5.41) is 15.9. The molecule has 0 saturated carbocycles. The minimum Gasteiger partial charge on any atom is -0.396 e. The first kappa shape index (κ1) is 24.9. The van der Waals surface area contributed by atoms with Crippen LogP contribution in [0.15, 0.2) is 23.2 Å². The van der Waals surface area contributed by atoms with E-state index < -0.39 is 0 Å². The van der Waals surface area contributed by atoms with Crippen molar-refractivity contribution in [3.8, 4) is 0 Å². The summed E-state index contributed by atoms with van der Waals surface area (Å²) in [6.45, 7) is 8.29. The number of aliphatic hydroxyl groups excluding tert-OH is 1. The lowest BCUT2D eigenvalue weighted by Gasteiger charge is -2.27. The number of halogens is 2. The zero-order chi connectivity index (χ0) is 19.7. The Morgan fingerprint density at radius 1 is 1.32 bits per heavy atom. The van der Waals surface area contributed by atoms with Crippen molar-refractivity contribution in [1.82, 2.24) is 10.6 Å². The summed E-state index contributed by atoms with van der Waals surface area (Å²) in [5.41, 5.74) is 1.45. The number of hydrogen-bond donors (Lipinski definition) is 3. The van der Waals surface area contributed by atoms with Crippen LogP contribution in [0.4, 0.5) is 10.1 Å². The molecular weight excluding hydrogens is 474 g/mol. The Morgan fingerprint density at radius 3 is 2.61 bits per heavy atom. The zero-order valence-electron chi connectivity index (χ0n) is 17.1. The first-order chi connectivity index (χ1) is 13.1. The number of aliphatic imine (C=N–C) groups is 1. The van der Waals surface area contributed by atoms with E-state index in [-0.39, 0.29) is 41.8 Å². The normalized spacial score (nSPS) is 19.2. The van der Waals surface area contributed by atoms with Crippen LogP contribution in [-0.2, 0) is 11.3 Å². The van der Waals surface area contributed by atoms with Crippen molar-refractivity contribution in [3.63, 3.8) is 0 Å². The third-order valence-corrected chi connectivity index (χ3v) is 5.26. The summed E-state index contributed by atoms with van der Waals surface area (Å²) < 4.78 is 19.9. The Hall–Kier alpha value is -1.13. The van der Waals surface area contributed by atoms with Gasteiger partial charge >= 0.3 is 0 Å². The van der Waals surface area contributed by atoms with Crippen LogP contribution < -0.4 is 15.5 Å². The third kappa shape index (κ3) is 6.73. The number of nitrogens with zero attached hydrogens (tertiary/aromatic N) is 2. The highest BCUT2D eigenvalue weighted by Gasteiger charge is 2.34. The Morgan fingerprint density at radius 2 is 2.07 bits per heavy atom. The van der Waals surface area contributed by atoms with Gasteiger partial charge in [-0.1, -0.05) is 6.07 Å². The molecule has 0 radical (unpaired) electrons. The van der Waals surface area contributed by atoms with Crippen LogP contribution in [-0.4, -0.2) is 57.6 Å². The average Bonchev–Trinajstić information content (AvgIpc) is 3.13. The molecule has 0 spiro atoms. The fourth-order valence-electron chi connectivity index (χ4n) is 3.47. The molecule has 1 aromatic rings. The predicted molar refractivity (Wildman–Crippen MR) is 123 cm³/mol. The standard InChI is InChI=1S/C20H33FN4O2.HI/c1-4-25(5-2)18-7-6-16(12-17(18)21)13-23-19(22-3)24-14-20(8-10-26)9-11-27-15-20;/h6-7,12,26H,4-5,8-11,13-15H2,1-3H3,(H2,22,23,24);1H. The molecule has 2 rings (SSSR count). The molecule has 1 saturated heterocycles. The molecule has 1 heterocycles. The van der Waals surface area contributed by atoms with Crippen molar-refractivity contribution in [3.05, 3.63) is 29.6 Å². The Balaban J connectivity index is 0.00000392. The van der Waals surface area contributed by atoms with Crippen molar-refractivity contribution < 1.29 is 14.2 Å². The van der Waals surface area contributed by atoms with Crippen molar-refractivity contribution in [2.75, 3.05) is 51.4 Å². The monoisotopic (exact) mass is 508 g/mol. The van der Waals surface area contributed by atoms with Crippen LogP contribution in [0.25, 0.3) is 0 Å². The molecule has 0 aromatic heterocycles. The van der Waals surface area contributed by atoms with Gasteiger partial charge in [0.2, 0.25) is 0 Å². The molecule has 3 N–H and O–H groups in total. The Labute approximate surface area is 185 Å². The maximum Gasteiger partial charge on any atom is 0.191 e. The van der Waals surface area contributed by atoms with Gasteiger partial charge < -0.3 is 25.4 Å². The van der Waals surface area contributed by atoms with E-state index in [0.717, 1.165) is 31.7 Å². The lowest BCUT2D eigenvalue weighted by atomic mass is 9.84. The topological polar surface area (TPSA) is 69.1 Å². The predicted octanol–water partition coefficient (Wildman–Crippen LogP) is 2.74. The number of nitrogens with one attached hydrogen (secondary N) is 2. The number of aliphatic hydroxyl groups is 1. The van der Waals surface area contributed by atoms with Crippen LogP contribution in [0.2, 0.25) is 0 Å². The van der Waals surface area contributed by atoms with Crippen LogP contribution in [0, 0.1) is 11.2 Å². The molecule has 1 unspecified atom stereocenters. The van der Waals surface area contributed by atoms with Gasteiger partial charge in [0, 0.05) is 51.9 Å². The first-order valence-electron chi connectivity index (χ1n) is 9.74. The summed E-state index contributed by atoms with van der Waals surface area (Å²) in [6.07, 6.45) is 1.63. The molecule has 28 heavy (non-hydrogen) atoms. The van der Waals surface area contributed by atoms with Gasteiger partial charge in [0.15, 0.2) is 5.96 Å². The highest BCUT2D eigenvalue weighted by Crippen LogP contribution is 2.31. The van der Waals surface area contributed by atoms with Crippen molar-refractivity contribution in [2.24, 2.45) is 10.4 Å². The van der Waals surface area contributed by atoms with Gasteiger partial charge in [-0.15, -0.1) is 24.0 Å². The smallest absolute Gasteiger partial charge is 0.191 e. The largest absolute Gasteiger partial charge is 0.396 e. The molecule has 6 nitrogen and oxygen atoms in total. The minimum atomic E-state index is -0.203. The second-order valence-corrected chi connectivity index (χ2v) is 7.01. The maximum absolute atomic E-state index is 14.4. The Kier molecular flexibility index (Phi) is 11.1. The molecule has 160 valence electrons. The molecule has 0 bridgehead atoms. The quantitative estimate of drug-likeness (QED) is 0.272. The molecule has 1 aliphatic rings. The summed E-state index contributed by atoms with van der Waals surface area (Å²) >= 11 is 0. The molecular formula is C20H34FIN4O2. The summed E-state index contributed by atoms with van der Waals surface area (Å²) in [6, 6.07) is 5.35. The Bertz CT molecular complexity index is 620. The lowest BCUT2D eigenvalue weighted by molar-refractivity contribution is 0.127. The number of hydrogen-bond acceptors (Lipinski definition) is 4. The van der Waals surface area contributed by atoms with Crippen molar-refractivity contribution in [2.45, 2.75) is 33.2 Å². The van der Waals surface area contributed by atoms with E-state index in [2.05, 4.69) is 15.6 Å². The van der Waals surface area contributed by atoms with E-state index in [9.17, 15) is 9.50 Å². The van der Waals surface area contributed by atoms with E-state index in [1.54, 1.807) is 13.1 Å². The maximum atomic E-state index is 14.4. The molecule has 0 aliphatic carbocycles. The summed E-state index contributed by atoms with van der Waals surface area (Å²) in [4.78, 5) is 6.24. The van der Waals surface area contributed by atoms with E-state index in [4.69, 9.17) is 4.74 Å². The number of benzene rings is 1. The summed E-state index contributed by atoms with van der Waals surface area (Å²) in [7, 11) is 1.71. The van der Waals surface area contributed by atoms with E-state index in [0.29, 0.717) is 37.8 Å². The number of guanidine groups is 1. The van der Waals surface area contributed by atoms with Crippen LogP contribution in [0.3, 0.4) is 0 Å². The molecule has 1 aromatic carbocycles. The van der Waals surface area contributed by atoms with Gasteiger partial charge in [0.25, 0.3) is 0 Å². The summed E-state index contributed by atoms with van der Waals surface area (Å²) in [5.74, 6) is 0.457. The SMILES string of the molecule is CCN(CC)c1ccc(CNC(=NC)NCC2(CCO)CCOC2)cc1F.I. The van der Waals surface area contributed by atoms with Crippen molar-refractivity contribution >= 4 is 35.6 Å². The molecule has 8 heteroatoms. The van der Waals surface area contributed by atoms with Gasteiger partial charge in [-0.05, 0) is 44.4 Å². The number of anilines is 1. The highest BCUT2D eigenvalue weighted by atomic mass is 127. The van der Waals surface area contributed by atoms with Gasteiger partial charge in [0.1, 0.15) is 5.82 Å². The van der Waals surface area contributed by atoms with E-state index >= 15 is 0 Å². The highest BCUT2D eigenvalue weighted by molar-refractivity contribution is 14.0. The number of ether oxygens (including phenoxy) is 1. The van der Waals surface area contributed by atoms with Crippen LogP contribution in [0.5, 0.6) is 0 Å². The van der Waals surface area contributed by atoms with Gasteiger partial charge in [-0.25, -0.2) is 4.39 Å². The molecule has 1 atom stereocenters. The van der Waals surface area contributed by atoms with Gasteiger partial charge in [-0.3, -0.25) is 4.99 Å². The fraction of sp³-hybridized carbons (Fsp3) is 0.650. The van der Waals surface area contributed by atoms with E-state index in [1.807, 2.05) is 30.9 Å². The third-order valence-electron chi connectivity index (χ3n) is 5.26. The molecule has 1 aliphatic heterocycles. The van der Waals surface area contributed by atoms with E-state index in [1.165, 1.54) is 0 Å². The minimum absolute atomic E-state index is 0. The second-order valence-electron chi connectivity index (χ2n) is 7.01. The molecule has 0 amide bonds.